The van der Waals surface area contributed by atoms with Crippen molar-refractivity contribution in [3.63, 3.8) is 0 Å². The lowest BCUT2D eigenvalue weighted by atomic mass is 10.1. The number of pyridine rings is 1. The van der Waals surface area contributed by atoms with Crippen LogP contribution in [0, 0.1) is 12.8 Å². The fourth-order valence-corrected chi connectivity index (χ4v) is 2.92. The maximum atomic E-state index is 12.9. The molecular weight excluding hydrogens is 372 g/mol. The second-order valence-corrected chi connectivity index (χ2v) is 7.15. The van der Waals surface area contributed by atoms with Crippen molar-refractivity contribution in [2.45, 2.75) is 47.1 Å². The normalized spacial score (nSPS) is 11.2. The topological polar surface area (TPSA) is 114 Å². The number of amides is 1. The predicted octanol–water partition coefficient (Wildman–Crippen LogP) is 2.91. The lowest BCUT2D eigenvalue weighted by Crippen LogP contribution is -2.32. The number of aromatic nitrogens is 3. The molecule has 0 fully saturated rings. The van der Waals surface area contributed by atoms with Gasteiger partial charge < -0.3 is 9.67 Å². The highest BCUT2D eigenvalue weighted by Gasteiger charge is 2.18. The molecule has 29 heavy (non-hydrogen) atoms. The van der Waals surface area contributed by atoms with Gasteiger partial charge >= 0.3 is 5.97 Å². The minimum absolute atomic E-state index is 0.0350. The fourth-order valence-electron chi connectivity index (χ4n) is 2.92. The summed E-state index contributed by atoms with van der Waals surface area (Å²) in [6.45, 7) is 8.62. The first-order chi connectivity index (χ1) is 13.7. The summed E-state index contributed by atoms with van der Waals surface area (Å²) in [6.07, 6.45) is 6.62. The van der Waals surface area contributed by atoms with Gasteiger partial charge in [0.15, 0.2) is 0 Å². The Hall–Kier alpha value is -3.29. The molecule has 0 unspecified atom stereocenters. The van der Waals surface area contributed by atoms with Gasteiger partial charge in [0.2, 0.25) is 5.95 Å². The first-order valence-corrected chi connectivity index (χ1v) is 9.50. The fraction of sp³-hybridized carbons (Fsp3) is 0.381. The summed E-state index contributed by atoms with van der Waals surface area (Å²) >= 11 is 0. The number of aryl methyl sites for hydroxylation is 1. The number of nitrogens with one attached hydrogen (secondary N) is 1. The number of carbonyl (C=O) groups is 2. The van der Waals surface area contributed by atoms with Crippen LogP contribution in [0.4, 0.5) is 5.95 Å². The maximum absolute atomic E-state index is 12.9. The van der Waals surface area contributed by atoms with E-state index in [0.29, 0.717) is 24.4 Å². The molecule has 0 spiro atoms. The molecule has 0 aliphatic carbocycles. The van der Waals surface area contributed by atoms with E-state index < -0.39 is 11.9 Å². The Morgan fingerprint density at radius 1 is 1.28 bits per heavy atom. The number of hydrogen-bond acceptors (Lipinski definition) is 5. The number of rotatable bonds is 8. The molecule has 8 nitrogen and oxygen atoms in total. The van der Waals surface area contributed by atoms with Crippen LogP contribution in [0.1, 0.15) is 54.4 Å². The molecular formula is C21H26N4O4. The second kappa shape index (κ2) is 9.77. The average molecular weight is 398 g/mol. The number of hydrogen-bond donors (Lipinski definition) is 2. The molecule has 2 rings (SSSR count). The molecule has 0 saturated carbocycles. The van der Waals surface area contributed by atoms with Crippen LogP contribution in [0.5, 0.6) is 0 Å². The number of carboxylic acid groups (broad SMARTS) is 1. The standard InChI is InChI=1S/C21H26N4O4/c1-5-17-14(4)10-16(20(29)25(17)9-8-13(2)3)19(28)24-21-22-11-15(12-23-21)6-7-18(26)27/h6-7,10-13H,5,8-9H2,1-4H3,(H,26,27)(H,22,23,24,28). The van der Waals surface area contributed by atoms with E-state index in [-0.39, 0.29) is 17.1 Å². The minimum atomic E-state index is -1.08. The van der Waals surface area contributed by atoms with Crippen molar-refractivity contribution >= 4 is 23.9 Å². The van der Waals surface area contributed by atoms with Crippen molar-refractivity contribution in [3.8, 4) is 0 Å². The summed E-state index contributed by atoms with van der Waals surface area (Å²) in [5, 5.41) is 11.2. The Kier molecular flexibility index (Phi) is 7.41. The van der Waals surface area contributed by atoms with Gasteiger partial charge in [0.1, 0.15) is 5.56 Å². The van der Waals surface area contributed by atoms with Crippen LogP contribution in [0.3, 0.4) is 0 Å². The van der Waals surface area contributed by atoms with Gasteiger partial charge in [0.05, 0.1) is 0 Å². The average Bonchev–Trinajstić information content (AvgIpc) is 2.67. The van der Waals surface area contributed by atoms with Crippen LogP contribution in [-0.2, 0) is 17.8 Å². The van der Waals surface area contributed by atoms with E-state index in [4.69, 9.17) is 5.11 Å². The minimum Gasteiger partial charge on any atom is -0.478 e. The third-order valence-corrected chi connectivity index (χ3v) is 4.44. The highest BCUT2D eigenvalue weighted by atomic mass is 16.4. The molecule has 1 amide bonds. The number of anilines is 1. The van der Waals surface area contributed by atoms with Crippen molar-refractivity contribution in [3.05, 3.63) is 57.3 Å². The molecule has 154 valence electrons. The molecule has 2 aromatic rings. The molecule has 0 bridgehead atoms. The van der Waals surface area contributed by atoms with Crippen LogP contribution < -0.4 is 10.9 Å². The molecule has 2 heterocycles. The van der Waals surface area contributed by atoms with E-state index >= 15 is 0 Å². The highest BCUT2D eigenvalue weighted by molar-refractivity contribution is 6.03. The summed E-state index contributed by atoms with van der Waals surface area (Å²) in [7, 11) is 0. The molecule has 0 aromatic carbocycles. The van der Waals surface area contributed by atoms with Gasteiger partial charge in [0, 0.05) is 36.3 Å². The van der Waals surface area contributed by atoms with Crippen molar-refractivity contribution in [2.24, 2.45) is 5.92 Å². The van der Waals surface area contributed by atoms with E-state index in [9.17, 15) is 14.4 Å². The van der Waals surface area contributed by atoms with E-state index in [1.165, 1.54) is 18.5 Å². The monoisotopic (exact) mass is 398 g/mol. The van der Waals surface area contributed by atoms with Gasteiger partial charge in [0.25, 0.3) is 11.5 Å². The zero-order valence-corrected chi connectivity index (χ0v) is 17.1. The zero-order chi connectivity index (χ0) is 21.6. The number of carboxylic acids is 1. The maximum Gasteiger partial charge on any atom is 0.328 e. The van der Waals surface area contributed by atoms with Crippen LogP contribution in [-0.4, -0.2) is 31.5 Å². The summed E-state index contributed by atoms with van der Waals surface area (Å²) < 4.78 is 1.69. The van der Waals surface area contributed by atoms with E-state index in [2.05, 4.69) is 29.1 Å². The third-order valence-electron chi connectivity index (χ3n) is 4.44. The molecule has 0 aliphatic rings. The van der Waals surface area contributed by atoms with Crippen molar-refractivity contribution in [1.29, 1.82) is 0 Å². The van der Waals surface area contributed by atoms with Gasteiger partial charge in [-0.1, -0.05) is 20.8 Å². The van der Waals surface area contributed by atoms with Crippen molar-refractivity contribution in [1.82, 2.24) is 14.5 Å². The van der Waals surface area contributed by atoms with Gasteiger partial charge in [-0.2, -0.15) is 0 Å². The molecule has 2 N–H and O–H groups in total. The largest absolute Gasteiger partial charge is 0.478 e. The Labute approximate surface area is 169 Å². The third kappa shape index (κ3) is 5.84. The van der Waals surface area contributed by atoms with Crippen molar-refractivity contribution < 1.29 is 14.7 Å². The summed E-state index contributed by atoms with van der Waals surface area (Å²) in [5.74, 6) is -1.19. The Morgan fingerprint density at radius 2 is 1.93 bits per heavy atom. The van der Waals surface area contributed by atoms with Crippen LogP contribution >= 0.6 is 0 Å². The molecule has 0 saturated heterocycles. The van der Waals surface area contributed by atoms with Crippen molar-refractivity contribution in [2.75, 3.05) is 5.32 Å². The Bertz CT molecular complexity index is 975. The number of carbonyl (C=O) groups excluding carboxylic acids is 1. The lowest BCUT2D eigenvalue weighted by Gasteiger charge is -2.17. The van der Waals surface area contributed by atoms with Crippen LogP contribution in [0.15, 0.2) is 29.3 Å². The summed E-state index contributed by atoms with van der Waals surface area (Å²) in [4.78, 5) is 44.2. The molecule has 0 atom stereocenters. The molecule has 2 aromatic heterocycles. The number of nitrogens with zero attached hydrogens (tertiary/aromatic N) is 3. The van der Waals surface area contributed by atoms with Crippen LogP contribution in [0.2, 0.25) is 0 Å². The second-order valence-electron chi connectivity index (χ2n) is 7.15. The Morgan fingerprint density at radius 3 is 2.48 bits per heavy atom. The zero-order valence-electron chi connectivity index (χ0n) is 17.1. The Balaban J connectivity index is 2.28. The summed E-state index contributed by atoms with van der Waals surface area (Å²) in [5.41, 5.74) is 2.01. The van der Waals surface area contributed by atoms with E-state index in [1.54, 1.807) is 10.6 Å². The smallest absolute Gasteiger partial charge is 0.328 e. The van der Waals surface area contributed by atoms with Gasteiger partial charge in [-0.05, 0) is 43.4 Å². The van der Waals surface area contributed by atoms with Gasteiger partial charge in [-0.3, -0.25) is 14.9 Å². The quantitative estimate of drug-likeness (QED) is 0.661. The summed E-state index contributed by atoms with van der Waals surface area (Å²) in [6, 6.07) is 1.60. The first kappa shape index (κ1) is 22.0. The van der Waals surface area contributed by atoms with Gasteiger partial charge in [-0.15, -0.1) is 0 Å². The lowest BCUT2D eigenvalue weighted by molar-refractivity contribution is -0.131. The molecule has 8 heteroatoms. The highest BCUT2D eigenvalue weighted by Crippen LogP contribution is 2.13. The van der Waals surface area contributed by atoms with E-state index in [0.717, 1.165) is 23.8 Å². The van der Waals surface area contributed by atoms with Gasteiger partial charge in [-0.25, -0.2) is 14.8 Å². The molecule has 0 radical (unpaired) electrons. The molecule has 0 aliphatic heterocycles. The van der Waals surface area contributed by atoms with E-state index in [1.807, 2.05) is 13.8 Å². The first-order valence-electron chi connectivity index (χ1n) is 9.50. The predicted molar refractivity (Wildman–Crippen MR) is 111 cm³/mol. The van der Waals surface area contributed by atoms with Crippen LogP contribution in [0.25, 0.3) is 6.08 Å². The number of aliphatic carboxylic acids is 1. The SMILES string of the molecule is CCc1c(C)cc(C(=O)Nc2ncc(C=CC(=O)O)cn2)c(=O)n1CCC(C)C.